The molecule has 2 aromatic rings. The quantitative estimate of drug-likeness (QED) is 0.813. The third-order valence-corrected chi connectivity index (χ3v) is 3.22. The number of halogens is 1. The van der Waals surface area contributed by atoms with E-state index in [0.717, 1.165) is 22.8 Å². The molecule has 1 aromatic carbocycles. The molecule has 18 heavy (non-hydrogen) atoms. The number of hydrogen-bond acceptors (Lipinski definition) is 3. The summed E-state index contributed by atoms with van der Waals surface area (Å²) in [5.41, 5.74) is 8.34. The zero-order valence-corrected chi connectivity index (χ0v) is 11.5. The topological polar surface area (TPSA) is 51.2 Å². The molecule has 0 aliphatic heterocycles. The molecule has 96 valence electrons. The minimum absolute atomic E-state index is 0.128. The van der Waals surface area contributed by atoms with Crippen LogP contribution in [0.4, 0.5) is 11.4 Å². The summed E-state index contributed by atoms with van der Waals surface area (Å²) in [5, 5.41) is 3.99. The van der Waals surface area contributed by atoms with Crippen LogP contribution in [0.2, 0.25) is 5.02 Å². The first-order valence-electron chi connectivity index (χ1n) is 5.86. The fourth-order valence-corrected chi connectivity index (χ4v) is 2.28. The Morgan fingerprint density at radius 3 is 2.56 bits per heavy atom. The zero-order chi connectivity index (χ0) is 13.3. The molecule has 0 fully saturated rings. The molecule has 2 rings (SSSR count). The lowest BCUT2D eigenvalue weighted by Crippen LogP contribution is -2.07. The van der Waals surface area contributed by atoms with Gasteiger partial charge in [-0.3, -0.25) is 0 Å². The van der Waals surface area contributed by atoms with Crippen molar-refractivity contribution in [2.45, 2.75) is 26.8 Å². The van der Waals surface area contributed by atoms with E-state index in [1.807, 2.05) is 32.0 Å². The monoisotopic (exact) mass is 264 g/mol. The normalized spacial score (nSPS) is 12.4. The molecule has 0 radical (unpaired) electrons. The maximum atomic E-state index is 6.14. The largest absolute Gasteiger partial charge is 0.466 e. The van der Waals surface area contributed by atoms with Gasteiger partial charge < -0.3 is 15.5 Å². The predicted molar refractivity (Wildman–Crippen MR) is 76.1 cm³/mol. The summed E-state index contributed by atoms with van der Waals surface area (Å²) in [4.78, 5) is 0. The van der Waals surface area contributed by atoms with E-state index in [4.69, 9.17) is 21.8 Å². The predicted octanol–water partition coefficient (Wildman–Crippen LogP) is 4.31. The fraction of sp³-hybridized carbons (Fsp3) is 0.286. The highest BCUT2D eigenvalue weighted by Gasteiger charge is 2.13. The highest BCUT2D eigenvalue weighted by atomic mass is 35.5. The summed E-state index contributed by atoms with van der Waals surface area (Å²) >= 11 is 6.14. The lowest BCUT2D eigenvalue weighted by molar-refractivity contribution is 0.500. The second-order valence-corrected chi connectivity index (χ2v) is 4.88. The van der Waals surface area contributed by atoms with Crippen LogP contribution in [0.5, 0.6) is 0 Å². The first kappa shape index (κ1) is 12.8. The maximum absolute atomic E-state index is 6.14. The molecule has 3 nitrogen and oxygen atoms in total. The Bertz CT molecular complexity index is 563. The first-order valence-corrected chi connectivity index (χ1v) is 6.23. The first-order chi connectivity index (χ1) is 8.47. The molecule has 1 aromatic heterocycles. The van der Waals surface area contributed by atoms with Gasteiger partial charge in [0.1, 0.15) is 11.5 Å². The Labute approximate surface area is 112 Å². The van der Waals surface area contributed by atoms with Crippen LogP contribution >= 0.6 is 11.6 Å². The molecule has 0 amide bonds. The van der Waals surface area contributed by atoms with Crippen molar-refractivity contribution in [3.05, 3.63) is 46.4 Å². The van der Waals surface area contributed by atoms with Crippen LogP contribution in [0.1, 0.15) is 30.0 Å². The second kappa shape index (κ2) is 4.94. The van der Waals surface area contributed by atoms with Gasteiger partial charge in [-0.15, -0.1) is 0 Å². The second-order valence-electron chi connectivity index (χ2n) is 4.47. The van der Waals surface area contributed by atoms with Gasteiger partial charge >= 0.3 is 0 Å². The van der Waals surface area contributed by atoms with Crippen molar-refractivity contribution in [2.75, 3.05) is 11.1 Å². The fourth-order valence-electron chi connectivity index (χ4n) is 2.04. The van der Waals surface area contributed by atoms with E-state index in [0.29, 0.717) is 10.7 Å². The van der Waals surface area contributed by atoms with Crippen LogP contribution in [0, 0.1) is 13.8 Å². The number of aryl methyl sites for hydroxylation is 2. The van der Waals surface area contributed by atoms with Gasteiger partial charge in [-0.05, 0) is 45.0 Å². The molecule has 4 heteroatoms. The van der Waals surface area contributed by atoms with Gasteiger partial charge in [-0.2, -0.15) is 0 Å². The minimum atomic E-state index is 0.128. The average molecular weight is 265 g/mol. The molecule has 1 atom stereocenters. The number of anilines is 2. The van der Waals surface area contributed by atoms with Crippen LogP contribution < -0.4 is 11.1 Å². The Balaban J connectivity index is 2.21. The van der Waals surface area contributed by atoms with E-state index < -0.39 is 0 Å². The average Bonchev–Trinajstić information content (AvgIpc) is 2.62. The van der Waals surface area contributed by atoms with Crippen LogP contribution in [0.15, 0.2) is 28.7 Å². The van der Waals surface area contributed by atoms with Gasteiger partial charge in [0.2, 0.25) is 0 Å². The minimum Gasteiger partial charge on any atom is -0.466 e. The molecule has 3 N–H and O–H groups in total. The van der Waals surface area contributed by atoms with Gasteiger partial charge in [-0.25, -0.2) is 0 Å². The zero-order valence-electron chi connectivity index (χ0n) is 10.8. The summed E-state index contributed by atoms with van der Waals surface area (Å²) in [6, 6.07) is 7.62. The Morgan fingerprint density at radius 1 is 1.28 bits per heavy atom. The molecule has 0 spiro atoms. The number of hydrogen-bond donors (Lipinski definition) is 2. The van der Waals surface area contributed by atoms with E-state index in [2.05, 4.69) is 12.2 Å². The number of rotatable bonds is 3. The van der Waals surface area contributed by atoms with E-state index >= 15 is 0 Å². The SMILES string of the molecule is Cc1cc(C(C)Nc2ccc(N)cc2Cl)c(C)o1. The molecule has 0 aliphatic rings. The summed E-state index contributed by atoms with van der Waals surface area (Å²) in [6.07, 6.45) is 0. The van der Waals surface area contributed by atoms with Crippen molar-refractivity contribution in [2.24, 2.45) is 0 Å². The molecule has 1 heterocycles. The molecule has 0 saturated carbocycles. The van der Waals surface area contributed by atoms with Crippen molar-refractivity contribution in [1.82, 2.24) is 0 Å². The van der Waals surface area contributed by atoms with Gasteiger partial charge in [0.05, 0.1) is 16.8 Å². The number of nitrogen functional groups attached to an aromatic ring is 1. The summed E-state index contributed by atoms with van der Waals surface area (Å²) in [6.45, 7) is 5.98. The van der Waals surface area contributed by atoms with E-state index in [1.165, 1.54) is 0 Å². The van der Waals surface area contributed by atoms with Gasteiger partial charge in [0.15, 0.2) is 0 Å². The van der Waals surface area contributed by atoms with E-state index in [9.17, 15) is 0 Å². The highest BCUT2D eigenvalue weighted by Crippen LogP contribution is 2.29. The smallest absolute Gasteiger partial charge is 0.106 e. The standard InChI is InChI=1S/C14H17ClN2O/c1-8-6-12(10(3)18-8)9(2)17-14-5-4-11(16)7-13(14)15/h4-7,9,17H,16H2,1-3H3. The Kier molecular flexibility index (Phi) is 3.53. The van der Waals surface area contributed by atoms with E-state index in [1.54, 1.807) is 6.07 Å². The Hall–Kier alpha value is -1.61. The van der Waals surface area contributed by atoms with Crippen LogP contribution in [-0.2, 0) is 0 Å². The van der Waals surface area contributed by atoms with Crippen molar-refractivity contribution >= 4 is 23.0 Å². The molecular weight excluding hydrogens is 248 g/mol. The van der Waals surface area contributed by atoms with Crippen molar-refractivity contribution < 1.29 is 4.42 Å². The van der Waals surface area contributed by atoms with Gasteiger partial charge in [-0.1, -0.05) is 11.6 Å². The maximum Gasteiger partial charge on any atom is 0.106 e. The number of nitrogens with two attached hydrogens (primary N) is 1. The lowest BCUT2D eigenvalue weighted by atomic mass is 10.1. The van der Waals surface area contributed by atoms with Gasteiger partial charge in [0.25, 0.3) is 0 Å². The molecular formula is C14H17ClN2O. The van der Waals surface area contributed by atoms with Crippen molar-refractivity contribution in [3.8, 4) is 0 Å². The van der Waals surface area contributed by atoms with E-state index in [-0.39, 0.29) is 6.04 Å². The van der Waals surface area contributed by atoms with Crippen molar-refractivity contribution in [1.29, 1.82) is 0 Å². The molecule has 0 saturated heterocycles. The van der Waals surface area contributed by atoms with Crippen molar-refractivity contribution in [3.63, 3.8) is 0 Å². The number of benzene rings is 1. The highest BCUT2D eigenvalue weighted by molar-refractivity contribution is 6.33. The number of nitrogens with one attached hydrogen (secondary N) is 1. The number of furan rings is 1. The third-order valence-electron chi connectivity index (χ3n) is 2.91. The lowest BCUT2D eigenvalue weighted by Gasteiger charge is -2.16. The summed E-state index contributed by atoms with van der Waals surface area (Å²) < 4.78 is 5.53. The molecule has 1 unspecified atom stereocenters. The molecule has 0 bridgehead atoms. The molecule has 0 aliphatic carbocycles. The van der Waals surface area contributed by atoms with Crippen LogP contribution in [0.25, 0.3) is 0 Å². The third kappa shape index (κ3) is 2.62. The van der Waals surface area contributed by atoms with Crippen LogP contribution in [0.3, 0.4) is 0 Å². The summed E-state index contributed by atoms with van der Waals surface area (Å²) in [7, 11) is 0. The summed E-state index contributed by atoms with van der Waals surface area (Å²) in [5.74, 6) is 1.85. The Morgan fingerprint density at radius 2 is 2.00 bits per heavy atom. The van der Waals surface area contributed by atoms with Crippen LogP contribution in [-0.4, -0.2) is 0 Å². The van der Waals surface area contributed by atoms with Gasteiger partial charge in [0, 0.05) is 11.3 Å².